The van der Waals surface area contributed by atoms with Crippen LogP contribution in [0.15, 0.2) is 36.7 Å². The molecule has 1 aromatic heterocycles. The number of aryl methyl sites for hydroxylation is 1. The summed E-state index contributed by atoms with van der Waals surface area (Å²) in [5, 5.41) is 0. The molecule has 1 aromatic carbocycles. The van der Waals surface area contributed by atoms with E-state index in [4.69, 9.17) is 5.84 Å². The summed E-state index contributed by atoms with van der Waals surface area (Å²) in [5.41, 5.74) is 4.88. The Balaban J connectivity index is 2.09. The highest BCUT2D eigenvalue weighted by Gasteiger charge is 2.14. The quantitative estimate of drug-likeness (QED) is 0.647. The summed E-state index contributed by atoms with van der Waals surface area (Å²) >= 11 is 0. The molecular formula is C14H17N5O. The molecule has 1 amide bonds. The molecule has 0 aliphatic heterocycles. The van der Waals surface area contributed by atoms with Gasteiger partial charge in [0.15, 0.2) is 5.82 Å². The number of carbonyl (C=O) groups excluding carboxylic acids is 1. The number of carbonyl (C=O) groups is 1. The van der Waals surface area contributed by atoms with E-state index in [9.17, 15) is 4.79 Å². The van der Waals surface area contributed by atoms with E-state index in [1.807, 2.05) is 31.2 Å². The van der Waals surface area contributed by atoms with Crippen LogP contribution in [-0.4, -0.2) is 27.8 Å². The molecule has 0 spiro atoms. The molecule has 0 radical (unpaired) electrons. The molecule has 0 bridgehead atoms. The number of hydrazine groups is 1. The smallest absolute Gasteiger partial charge is 0.274 e. The maximum Gasteiger partial charge on any atom is 0.274 e. The average Bonchev–Trinajstić information content (AvgIpc) is 2.48. The Labute approximate surface area is 117 Å². The van der Waals surface area contributed by atoms with Crippen LogP contribution in [-0.2, 0) is 6.54 Å². The van der Waals surface area contributed by atoms with E-state index in [0.717, 1.165) is 5.56 Å². The highest BCUT2D eigenvalue weighted by atomic mass is 16.2. The summed E-state index contributed by atoms with van der Waals surface area (Å²) in [6.45, 7) is 2.54. The molecule has 0 saturated heterocycles. The molecule has 0 saturated carbocycles. The first-order valence-corrected chi connectivity index (χ1v) is 6.20. The van der Waals surface area contributed by atoms with Crippen LogP contribution in [0, 0.1) is 6.92 Å². The Morgan fingerprint density at radius 2 is 2.00 bits per heavy atom. The Kier molecular flexibility index (Phi) is 4.27. The van der Waals surface area contributed by atoms with Crippen LogP contribution in [0.25, 0.3) is 0 Å². The van der Waals surface area contributed by atoms with Crippen molar-refractivity contribution in [1.82, 2.24) is 14.9 Å². The molecule has 2 aromatic rings. The SMILES string of the molecule is Cc1ccc(CN(C)C(=O)c2cncc(NN)n2)cc1. The first-order valence-electron chi connectivity index (χ1n) is 6.20. The summed E-state index contributed by atoms with van der Waals surface area (Å²) in [7, 11) is 1.73. The molecular weight excluding hydrogens is 254 g/mol. The van der Waals surface area contributed by atoms with Crippen molar-refractivity contribution in [2.24, 2.45) is 5.84 Å². The Bertz CT molecular complexity index is 597. The van der Waals surface area contributed by atoms with Gasteiger partial charge in [0.2, 0.25) is 0 Å². The van der Waals surface area contributed by atoms with Crippen LogP contribution in [0.3, 0.4) is 0 Å². The van der Waals surface area contributed by atoms with E-state index in [1.165, 1.54) is 18.0 Å². The standard InChI is InChI=1S/C14H17N5O/c1-10-3-5-11(6-4-10)9-19(2)14(20)12-7-16-8-13(17-12)18-15/h3-8H,9,15H2,1-2H3,(H,17,18). The van der Waals surface area contributed by atoms with Crippen LogP contribution in [0.5, 0.6) is 0 Å². The first kappa shape index (κ1) is 14.0. The second-order valence-electron chi connectivity index (χ2n) is 4.58. The number of nitrogen functional groups attached to an aromatic ring is 1. The number of nitrogens with zero attached hydrogens (tertiary/aromatic N) is 3. The van der Waals surface area contributed by atoms with Gasteiger partial charge >= 0.3 is 0 Å². The minimum Gasteiger partial charge on any atom is -0.336 e. The van der Waals surface area contributed by atoms with Gasteiger partial charge in [-0.15, -0.1) is 0 Å². The normalized spacial score (nSPS) is 10.2. The minimum atomic E-state index is -0.199. The lowest BCUT2D eigenvalue weighted by molar-refractivity contribution is 0.0779. The second kappa shape index (κ2) is 6.12. The largest absolute Gasteiger partial charge is 0.336 e. The highest BCUT2D eigenvalue weighted by Crippen LogP contribution is 2.09. The van der Waals surface area contributed by atoms with E-state index in [-0.39, 0.29) is 11.6 Å². The molecule has 0 aliphatic rings. The molecule has 0 aliphatic carbocycles. The molecule has 6 nitrogen and oxygen atoms in total. The molecule has 2 rings (SSSR count). The van der Waals surface area contributed by atoms with Crippen molar-refractivity contribution in [1.29, 1.82) is 0 Å². The van der Waals surface area contributed by atoms with E-state index in [2.05, 4.69) is 15.4 Å². The van der Waals surface area contributed by atoms with Gasteiger partial charge in [0.1, 0.15) is 5.69 Å². The number of amides is 1. The topological polar surface area (TPSA) is 84.1 Å². The van der Waals surface area contributed by atoms with Gasteiger partial charge in [0.05, 0.1) is 12.4 Å². The number of benzene rings is 1. The lowest BCUT2D eigenvalue weighted by Crippen LogP contribution is -2.27. The third kappa shape index (κ3) is 3.30. The van der Waals surface area contributed by atoms with Crippen molar-refractivity contribution < 1.29 is 4.79 Å². The third-order valence-electron chi connectivity index (χ3n) is 2.89. The van der Waals surface area contributed by atoms with Crippen LogP contribution in [0.1, 0.15) is 21.6 Å². The van der Waals surface area contributed by atoms with Gasteiger partial charge in [0, 0.05) is 13.6 Å². The number of hydrogen-bond donors (Lipinski definition) is 2. The molecule has 20 heavy (non-hydrogen) atoms. The Hall–Kier alpha value is -2.47. The maximum atomic E-state index is 12.2. The fraction of sp³-hybridized carbons (Fsp3) is 0.214. The van der Waals surface area contributed by atoms with E-state index in [1.54, 1.807) is 11.9 Å². The summed E-state index contributed by atoms with van der Waals surface area (Å²) in [4.78, 5) is 21.8. The molecule has 3 N–H and O–H groups in total. The zero-order valence-electron chi connectivity index (χ0n) is 11.5. The molecule has 1 heterocycles. The molecule has 6 heteroatoms. The number of rotatable bonds is 4. The van der Waals surface area contributed by atoms with Crippen molar-refractivity contribution in [2.75, 3.05) is 12.5 Å². The first-order chi connectivity index (χ1) is 9.60. The number of hydrogen-bond acceptors (Lipinski definition) is 5. The van der Waals surface area contributed by atoms with Crippen molar-refractivity contribution in [3.8, 4) is 0 Å². The Morgan fingerprint density at radius 3 is 2.65 bits per heavy atom. The van der Waals surface area contributed by atoms with Crippen LogP contribution in [0.4, 0.5) is 5.82 Å². The molecule has 0 unspecified atom stereocenters. The van der Waals surface area contributed by atoms with Gasteiger partial charge in [-0.2, -0.15) is 0 Å². The summed E-state index contributed by atoms with van der Waals surface area (Å²) in [6.07, 6.45) is 2.88. The van der Waals surface area contributed by atoms with Crippen molar-refractivity contribution >= 4 is 11.7 Å². The lowest BCUT2D eigenvalue weighted by atomic mass is 10.1. The summed E-state index contributed by atoms with van der Waals surface area (Å²) < 4.78 is 0. The summed E-state index contributed by atoms with van der Waals surface area (Å²) in [6, 6.07) is 8.05. The van der Waals surface area contributed by atoms with E-state index in [0.29, 0.717) is 12.4 Å². The minimum absolute atomic E-state index is 0.199. The second-order valence-corrected chi connectivity index (χ2v) is 4.58. The number of aromatic nitrogens is 2. The zero-order valence-corrected chi connectivity index (χ0v) is 11.5. The van der Waals surface area contributed by atoms with E-state index >= 15 is 0 Å². The third-order valence-corrected chi connectivity index (χ3v) is 2.89. The predicted octanol–water partition coefficient (Wildman–Crippen LogP) is 1.34. The van der Waals surface area contributed by atoms with Crippen LogP contribution < -0.4 is 11.3 Å². The van der Waals surface area contributed by atoms with Crippen molar-refractivity contribution in [3.05, 3.63) is 53.5 Å². The van der Waals surface area contributed by atoms with E-state index < -0.39 is 0 Å². The molecule has 0 atom stereocenters. The van der Waals surface area contributed by atoms with Gasteiger partial charge < -0.3 is 10.3 Å². The fourth-order valence-electron chi connectivity index (χ4n) is 1.77. The van der Waals surface area contributed by atoms with Crippen LogP contribution in [0.2, 0.25) is 0 Å². The van der Waals surface area contributed by atoms with Gasteiger partial charge in [0.25, 0.3) is 5.91 Å². The average molecular weight is 271 g/mol. The number of nitrogens with one attached hydrogen (secondary N) is 1. The number of anilines is 1. The predicted molar refractivity (Wildman–Crippen MR) is 76.8 cm³/mol. The number of nitrogens with two attached hydrogens (primary N) is 1. The lowest BCUT2D eigenvalue weighted by Gasteiger charge is -2.17. The van der Waals surface area contributed by atoms with Crippen molar-refractivity contribution in [3.63, 3.8) is 0 Å². The van der Waals surface area contributed by atoms with Gasteiger partial charge in [-0.05, 0) is 12.5 Å². The van der Waals surface area contributed by atoms with Crippen LogP contribution >= 0.6 is 0 Å². The van der Waals surface area contributed by atoms with Gasteiger partial charge in [-0.25, -0.2) is 10.8 Å². The van der Waals surface area contributed by atoms with Gasteiger partial charge in [-0.1, -0.05) is 29.8 Å². The zero-order chi connectivity index (χ0) is 14.5. The summed E-state index contributed by atoms with van der Waals surface area (Å²) in [5.74, 6) is 5.42. The highest BCUT2D eigenvalue weighted by molar-refractivity contribution is 5.92. The monoisotopic (exact) mass is 271 g/mol. The maximum absolute atomic E-state index is 12.2. The van der Waals surface area contributed by atoms with Gasteiger partial charge in [-0.3, -0.25) is 9.78 Å². The Morgan fingerprint density at radius 1 is 1.30 bits per heavy atom. The van der Waals surface area contributed by atoms with Crippen molar-refractivity contribution in [2.45, 2.75) is 13.5 Å². The molecule has 104 valence electrons. The molecule has 0 fully saturated rings. The fourth-order valence-corrected chi connectivity index (χ4v) is 1.77.